The Balaban J connectivity index is 1.69. The molecule has 0 unspecified atom stereocenters. The Morgan fingerprint density at radius 1 is 1.25 bits per heavy atom. The lowest BCUT2D eigenvalue weighted by atomic mass is 10.2. The molecule has 0 N–H and O–H groups in total. The van der Waals surface area contributed by atoms with Crippen molar-refractivity contribution in [1.82, 2.24) is 10.1 Å². The van der Waals surface area contributed by atoms with Gasteiger partial charge in [-0.15, -0.1) is 0 Å². The molecule has 0 radical (unpaired) electrons. The fraction of sp³-hybridized carbons (Fsp3) is 0.333. The minimum absolute atomic E-state index is 0.0307. The molecule has 126 valence electrons. The van der Waals surface area contributed by atoms with E-state index >= 15 is 0 Å². The minimum Gasteiger partial charge on any atom is -0.368 e. The zero-order valence-electron chi connectivity index (χ0n) is 12.9. The molecule has 2 heterocycles. The number of aromatic nitrogens is 1. The highest BCUT2D eigenvalue weighted by Crippen LogP contribution is 2.25. The summed E-state index contributed by atoms with van der Waals surface area (Å²) in [5, 5.41) is 15.3. The normalized spacial score (nSPS) is 14.8. The van der Waals surface area contributed by atoms with E-state index in [2.05, 4.69) is 10.1 Å². The predicted molar refractivity (Wildman–Crippen MR) is 87.5 cm³/mol. The summed E-state index contributed by atoms with van der Waals surface area (Å²) in [5.74, 6) is -0.447. The van der Waals surface area contributed by atoms with E-state index in [1.54, 1.807) is 4.90 Å². The van der Waals surface area contributed by atoms with Crippen molar-refractivity contribution in [2.75, 3.05) is 31.1 Å². The smallest absolute Gasteiger partial charge is 0.344 e. The Labute approximate surface area is 142 Å². The van der Waals surface area contributed by atoms with Crippen molar-refractivity contribution in [2.24, 2.45) is 0 Å². The van der Waals surface area contributed by atoms with Gasteiger partial charge in [0, 0.05) is 43.8 Å². The van der Waals surface area contributed by atoms with Crippen LogP contribution in [0.3, 0.4) is 0 Å². The minimum atomic E-state index is -0.636. The first-order chi connectivity index (χ1) is 11.5. The van der Waals surface area contributed by atoms with Crippen LogP contribution < -0.4 is 4.90 Å². The van der Waals surface area contributed by atoms with E-state index in [1.807, 2.05) is 24.3 Å². The summed E-state index contributed by atoms with van der Waals surface area (Å²) in [7, 11) is 0. The molecule has 24 heavy (non-hydrogen) atoms. The maximum absolute atomic E-state index is 12.5. The summed E-state index contributed by atoms with van der Waals surface area (Å²) in [6.45, 7) is 3.56. The highest BCUT2D eigenvalue weighted by atomic mass is 35.5. The molecule has 9 heteroatoms. The number of hydrogen-bond acceptors (Lipinski definition) is 6. The number of hydrogen-bond donors (Lipinski definition) is 0. The van der Waals surface area contributed by atoms with Crippen LogP contribution in [0.25, 0.3) is 0 Å². The number of benzene rings is 1. The van der Waals surface area contributed by atoms with Crippen molar-refractivity contribution in [3.63, 3.8) is 0 Å². The van der Waals surface area contributed by atoms with E-state index in [0.717, 1.165) is 5.69 Å². The molecule has 3 rings (SSSR count). The van der Waals surface area contributed by atoms with Crippen molar-refractivity contribution in [1.29, 1.82) is 0 Å². The van der Waals surface area contributed by atoms with E-state index in [1.165, 1.54) is 6.92 Å². The van der Waals surface area contributed by atoms with Crippen LogP contribution in [0.4, 0.5) is 11.4 Å². The van der Waals surface area contributed by atoms with Gasteiger partial charge < -0.3 is 14.3 Å². The number of halogens is 1. The average Bonchev–Trinajstić information content (AvgIpc) is 2.97. The Bertz CT molecular complexity index is 766. The Morgan fingerprint density at radius 3 is 2.46 bits per heavy atom. The second-order valence-corrected chi connectivity index (χ2v) is 5.89. The van der Waals surface area contributed by atoms with Gasteiger partial charge in [0.25, 0.3) is 5.91 Å². The molecule has 2 aromatic rings. The third-order valence-corrected chi connectivity index (χ3v) is 4.23. The highest BCUT2D eigenvalue weighted by molar-refractivity contribution is 6.30. The first kappa shape index (κ1) is 16.3. The van der Waals surface area contributed by atoms with Gasteiger partial charge in [0.2, 0.25) is 11.5 Å². The third-order valence-electron chi connectivity index (χ3n) is 3.98. The lowest BCUT2D eigenvalue weighted by Gasteiger charge is -2.35. The van der Waals surface area contributed by atoms with E-state index in [0.29, 0.717) is 31.2 Å². The van der Waals surface area contributed by atoms with Gasteiger partial charge in [-0.1, -0.05) is 16.8 Å². The largest absolute Gasteiger partial charge is 0.368 e. The van der Waals surface area contributed by atoms with Crippen LogP contribution in [-0.2, 0) is 0 Å². The van der Waals surface area contributed by atoms with Crippen molar-refractivity contribution < 1.29 is 14.2 Å². The van der Waals surface area contributed by atoms with Crippen LogP contribution in [0.1, 0.15) is 16.2 Å². The van der Waals surface area contributed by atoms with Crippen LogP contribution in [0.5, 0.6) is 0 Å². The molecule has 1 amide bonds. The van der Waals surface area contributed by atoms with Gasteiger partial charge in [0.15, 0.2) is 0 Å². The van der Waals surface area contributed by atoms with Gasteiger partial charge in [-0.3, -0.25) is 14.9 Å². The monoisotopic (exact) mass is 350 g/mol. The first-order valence-electron chi connectivity index (χ1n) is 7.38. The van der Waals surface area contributed by atoms with Crippen LogP contribution in [0.15, 0.2) is 28.8 Å². The molecule has 1 saturated heterocycles. The van der Waals surface area contributed by atoms with Gasteiger partial charge in [0.1, 0.15) is 0 Å². The average molecular weight is 351 g/mol. The summed E-state index contributed by atoms with van der Waals surface area (Å²) in [4.78, 5) is 26.6. The number of anilines is 1. The Kier molecular flexibility index (Phi) is 4.39. The van der Waals surface area contributed by atoms with Gasteiger partial charge >= 0.3 is 5.69 Å². The number of carbonyl (C=O) groups is 1. The van der Waals surface area contributed by atoms with Gasteiger partial charge in [-0.05, 0) is 24.3 Å². The predicted octanol–water partition coefficient (Wildman–Crippen LogP) is 2.51. The summed E-state index contributed by atoms with van der Waals surface area (Å²) in [6, 6.07) is 7.48. The van der Waals surface area contributed by atoms with E-state index < -0.39 is 10.8 Å². The maximum Gasteiger partial charge on any atom is 0.344 e. The van der Waals surface area contributed by atoms with Crippen LogP contribution >= 0.6 is 11.6 Å². The number of amides is 1. The van der Waals surface area contributed by atoms with E-state index in [-0.39, 0.29) is 17.1 Å². The molecule has 1 aliphatic rings. The van der Waals surface area contributed by atoms with Crippen LogP contribution in [0, 0.1) is 17.0 Å². The molecular formula is C15H15ClN4O4. The number of piperazine rings is 1. The number of rotatable bonds is 3. The molecule has 0 atom stereocenters. The van der Waals surface area contributed by atoms with E-state index in [9.17, 15) is 14.9 Å². The lowest BCUT2D eigenvalue weighted by molar-refractivity contribution is -0.386. The number of nitrogens with zero attached hydrogens (tertiary/aromatic N) is 4. The summed E-state index contributed by atoms with van der Waals surface area (Å²) in [6.07, 6.45) is 0. The van der Waals surface area contributed by atoms with Gasteiger partial charge in [-0.2, -0.15) is 0 Å². The van der Waals surface area contributed by atoms with Crippen molar-refractivity contribution in [2.45, 2.75) is 6.92 Å². The fourth-order valence-corrected chi connectivity index (χ4v) is 2.82. The summed E-state index contributed by atoms with van der Waals surface area (Å²) < 4.78 is 4.81. The fourth-order valence-electron chi connectivity index (χ4n) is 2.69. The topological polar surface area (TPSA) is 92.7 Å². The second kappa shape index (κ2) is 6.48. The number of nitro groups is 1. The lowest BCUT2D eigenvalue weighted by Crippen LogP contribution is -2.49. The zero-order chi connectivity index (χ0) is 17.3. The van der Waals surface area contributed by atoms with Crippen molar-refractivity contribution in [3.05, 3.63) is 50.9 Å². The van der Waals surface area contributed by atoms with Crippen molar-refractivity contribution in [3.8, 4) is 0 Å². The van der Waals surface area contributed by atoms with E-state index in [4.69, 9.17) is 16.1 Å². The molecule has 8 nitrogen and oxygen atoms in total. The molecule has 0 spiro atoms. The summed E-state index contributed by atoms with van der Waals surface area (Å²) >= 11 is 5.88. The molecule has 0 saturated carbocycles. The number of aryl methyl sites for hydroxylation is 1. The van der Waals surface area contributed by atoms with Gasteiger partial charge in [-0.25, -0.2) is 0 Å². The van der Waals surface area contributed by atoms with Gasteiger partial charge in [0.05, 0.1) is 4.92 Å². The van der Waals surface area contributed by atoms with Crippen LogP contribution in [0.2, 0.25) is 5.02 Å². The highest BCUT2D eigenvalue weighted by Gasteiger charge is 2.33. The number of carbonyl (C=O) groups excluding carboxylic acids is 1. The zero-order valence-corrected chi connectivity index (χ0v) is 13.7. The molecule has 1 aliphatic heterocycles. The molecular weight excluding hydrogens is 336 g/mol. The summed E-state index contributed by atoms with van der Waals surface area (Å²) in [5.41, 5.74) is 0.423. The van der Waals surface area contributed by atoms with Crippen LogP contribution in [-0.4, -0.2) is 47.1 Å². The molecule has 1 aromatic carbocycles. The van der Waals surface area contributed by atoms with Crippen molar-refractivity contribution >= 4 is 28.9 Å². The maximum atomic E-state index is 12.5. The third kappa shape index (κ3) is 3.05. The quantitative estimate of drug-likeness (QED) is 0.623. The molecule has 0 bridgehead atoms. The standard InChI is InChI=1S/C15H15ClN4O4/c1-10-14(20(22)23)13(17-24-10)15(21)19-8-6-18(7-9-19)12-4-2-11(16)3-5-12/h2-5H,6-9H2,1H3. The second-order valence-electron chi connectivity index (χ2n) is 5.45. The Morgan fingerprint density at radius 2 is 1.88 bits per heavy atom. The SMILES string of the molecule is Cc1onc(C(=O)N2CCN(c3ccc(Cl)cc3)CC2)c1[N+](=O)[O-]. The molecule has 1 aromatic heterocycles. The first-order valence-corrected chi connectivity index (χ1v) is 7.75. The molecule has 1 fully saturated rings. The molecule has 0 aliphatic carbocycles. The Hall–Kier alpha value is -2.61.